The molecule has 3 rings (SSSR count). The monoisotopic (exact) mass is 381 g/mol. The molecule has 1 amide bonds. The van der Waals surface area contributed by atoms with Crippen LogP contribution < -0.4 is 5.32 Å². The van der Waals surface area contributed by atoms with Crippen LogP contribution in [-0.2, 0) is 0 Å². The number of benzene rings is 1. The molecule has 1 heterocycles. The van der Waals surface area contributed by atoms with Crippen molar-refractivity contribution in [3.8, 4) is 0 Å². The van der Waals surface area contributed by atoms with Gasteiger partial charge in [-0.2, -0.15) is 0 Å². The number of hydrogen-bond donors (Lipinski definition) is 1. The minimum Gasteiger partial charge on any atom is -0.349 e. The topological polar surface area (TPSA) is 45.2 Å². The first-order valence-electron chi connectivity index (χ1n) is 10.8. The molecule has 28 heavy (non-hydrogen) atoms. The fraction of sp³-hybridized carbons (Fsp3) is 0.583. The molecule has 1 N–H and O–H groups in total. The van der Waals surface area contributed by atoms with E-state index in [4.69, 9.17) is 0 Å². The van der Waals surface area contributed by atoms with E-state index in [1.165, 1.54) is 32.1 Å². The molecule has 152 valence electrons. The summed E-state index contributed by atoms with van der Waals surface area (Å²) in [4.78, 5) is 19.5. The van der Waals surface area contributed by atoms with Gasteiger partial charge in [0.05, 0.1) is 0 Å². The maximum atomic E-state index is 13.1. The van der Waals surface area contributed by atoms with Crippen molar-refractivity contribution in [1.29, 1.82) is 0 Å². The van der Waals surface area contributed by atoms with Gasteiger partial charge in [-0.1, -0.05) is 38.7 Å². The van der Waals surface area contributed by atoms with Crippen LogP contribution in [0.5, 0.6) is 0 Å². The SMILES string of the molecule is CC1CCCCCC1C(CCCN(C)C)NC(=O)c1ccc2cnccc2c1. The van der Waals surface area contributed by atoms with Crippen LogP contribution in [0, 0.1) is 11.8 Å². The Labute approximate surface area is 169 Å². The van der Waals surface area contributed by atoms with Crippen LogP contribution in [0.15, 0.2) is 36.7 Å². The second kappa shape index (κ2) is 10.0. The van der Waals surface area contributed by atoms with E-state index in [0.717, 1.165) is 35.7 Å². The number of nitrogens with one attached hydrogen (secondary N) is 1. The van der Waals surface area contributed by atoms with Crippen molar-refractivity contribution >= 4 is 16.7 Å². The zero-order valence-corrected chi connectivity index (χ0v) is 17.7. The third-order valence-electron chi connectivity index (χ3n) is 6.28. The summed E-state index contributed by atoms with van der Waals surface area (Å²) in [6.45, 7) is 3.44. The number of hydrogen-bond acceptors (Lipinski definition) is 3. The summed E-state index contributed by atoms with van der Waals surface area (Å²) in [5, 5.41) is 5.56. The van der Waals surface area contributed by atoms with Gasteiger partial charge < -0.3 is 10.2 Å². The van der Waals surface area contributed by atoms with E-state index >= 15 is 0 Å². The van der Waals surface area contributed by atoms with Crippen molar-refractivity contribution in [2.75, 3.05) is 20.6 Å². The molecule has 1 fully saturated rings. The first kappa shape index (κ1) is 20.8. The van der Waals surface area contributed by atoms with Gasteiger partial charge in [-0.3, -0.25) is 9.78 Å². The van der Waals surface area contributed by atoms with Gasteiger partial charge >= 0.3 is 0 Å². The minimum absolute atomic E-state index is 0.0602. The highest BCUT2D eigenvalue weighted by Gasteiger charge is 2.29. The van der Waals surface area contributed by atoms with Crippen molar-refractivity contribution in [3.05, 3.63) is 42.2 Å². The van der Waals surface area contributed by atoms with Gasteiger partial charge in [-0.05, 0) is 75.3 Å². The molecule has 2 aromatic rings. The number of pyridine rings is 1. The summed E-state index contributed by atoms with van der Waals surface area (Å²) in [5.74, 6) is 1.32. The Morgan fingerprint density at radius 3 is 2.82 bits per heavy atom. The van der Waals surface area contributed by atoms with E-state index in [-0.39, 0.29) is 11.9 Å². The molecule has 4 heteroatoms. The number of carbonyl (C=O) groups is 1. The number of aromatic nitrogens is 1. The smallest absolute Gasteiger partial charge is 0.251 e. The third kappa shape index (κ3) is 5.54. The summed E-state index contributed by atoms with van der Waals surface area (Å²) in [5.41, 5.74) is 0.748. The highest BCUT2D eigenvalue weighted by molar-refractivity contribution is 5.98. The predicted octanol–water partition coefficient (Wildman–Crippen LogP) is 4.89. The van der Waals surface area contributed by atoms with Gasteiger partial charge in [0.2, 0.25) is 0 Å². The Morgan fingerprint density at radius 2 is 2.00 bits per heavy atom. The number of rotatable bonds is 7. The molecular weight excluding hydrogens is 346 g/mol. The van der Waals surface area contributed by atoms with E-state index in [9.17, 15) is 4.79 Å². The molecular formula is C24H35N3O. The molecule has 0 aliphatic heterocycles. The predicted molar refractivity (Wildman–Crippen MR) is 117 cm³/mol. The molecule has 1 aromatic carbocycles. The highest BCUT2D eigenvalue weighted by atomic mass is 16.1. The van der Waals surface area contributed by atoms with Gasteiger partial charge in [0.1, 0.15) is 0 Å². The Kier molecular flexibility index (Phi) is 7.43. The van der Waals surface area contributed by atoms with Gasteiger partial charge in [0.15, 0.2) is 0 Å². The molecule has 1 aromatic heterocycles. The van der Waals surface area contributed by atoms with Gasteiger partial charge in [-0.25, -0.2) is 0 Å². The lowest BCUT2D eigenvalue weighted by molar-refractivity contribution is 0.0901. The van der Waals surface area contributed by atoms with E-state index in [2.05, 4.69) is 36.2 Å². The van der Waals surface area contributed by atoms with Crippen LogP contribution in [0.25, 0.3) is 10.8 Å². The molecule has 1 saturated carbocycles. The second-order valence-electron chi connectivity index (χ2n) is 8.74. The first-order chi connectivity index (χ1) is 13.5. The van der Waals surface area contributed by atoms with E-state index in [1.54, 1.807) is 6.20 Å². The molecule has 0 radical (unpaired) electrons. The first-order valence-corrected chi connectivity index (χ1v) is 10.8. The number of fused-ring (bicyclic) bond motifs is 1. The average molecular weight is 382 g/mol. The minimum atomic E-state index is 0.0602. The summed E-state index contributed by atoms with van der Waals surface area (Å²) in [7, 11) is 4.23. The Morgan fingerprint density at radius 1 is 1.18 bits per heavy atom. The molecule has 3 atom stereocenters. The van der Waals surface area contributed by atoms with Crippen molar-refractivity contribution in [1.82, 2.24) is 15.2 Å². The van der Waals surface area contributed by atoms with E-state index < -0.39 is 0 Å². The van der Waals surface area contributed by atoms with Crippen LogP contribution in [0.1, 0.15) is 62.2 Å². The van der Waals surface area contributed by atoms with Crippen LogP contribution in [0.4, 0.5) is 0 Å². The van der Waals surface area contributed by atoms with Gasteiger partial charge in [-0.15, -0.1) is 0 Å². The average Bonchev–Trinajstić information content (AvgIpc) is 2.90. The van der Waals surface area contributed by atoms with Crippen molar-refractivity contribution in [2.24, 2.45) is 11.8 Å². The van der Waals surface area contributed by atoms with Crippen molar-refractivity contribution < 1.29 is 4.79 Å². The maximum Gasteiger partial charge on any atom is 0.251 e. The highest BCUT2D eigenvalue weighted by Crippen LogP contribution is 2.32. The lowest BCUT2D eigenvalue weighted by Crippen LogP contribution is -2.42. The molecule has 1 aliphatic carbocycles. The van der Waals surface area contributed by atoms with E-state index in [0.29, 0.717) is 11.8 Å². The van der Waals surface area contributed by atoms with E-state index in [1.807, 2.05) is 30.5 Å². The largest absolute Gasteiger partial charge is 0.349 e. The Bertz CT molecular complexity index is 773. The van der Waals surface area contributed by atoms with Crippen molar-refractivity contribution in [2.45, 2.75) is 57.9 Å². The molecule has 4 nitrogen and oxygen atoms in total. The summed E-state index contributed by atoms with van der Waals surface area (Å²) in [6.07, 6.45) is 12.3. The van der Waals surface area contributed by atoms with Crippen LogP contribution >= 0.6 is 0 Å². The zero-order chi connectivity index (χ0) is 19.9. The summed E-state index contributed by atoms with van der Waals surface area (Å²) >= 11 is 0. The second-order valence-corrected chi connectivity index (χ2v) is 8.74. The normalized spacial score (nSPS) is 21.4. The quantitative estimate of drug-likeness (QED) is 0.695. The molecule has 0 bridgehead atoms. The standard InChI is InChI=1S/C24H35N3O/c1-18-8-5-4-6-9-22(18)23(10-7-15-27(2)3)26-24(28)20-11-12-21-17-25-14-13-19(21)16-20/h11-14,16-18,22-23H,4-10,15H2,1-3H3,(H,26,28). The van der Waals surface area contributed by atoms with Crippen LogP contribution in [0.3, 0.4) is 0 Å². The molecule has 3 unspecified atom stereocenters. The van der Waals surface area contributed by atoms with Gasteiger partial charge in [0, 0.05) is 29.4 Å². The number of nitrogens with zero attached hydrogens (tertiary/aromatic N) is 2. The Balaban J connectivity index is 1.74. The molecule has 0 spiro atoms. The fourth-order valence-corrected chi connectivity index (χ4v) is 4.62. The number of carbonyl (C=O) groups excluding carboxylic acids is 1. The summed E-state index contributed by atoms with van der Waals surface area (Å²) in [6, 6.07) is 8.13. The Hall–Kier alpha value is -1.94. The van der Waals surface area contributed by atoms with Crippen molar-refractivity contribution in [3.63, 3.8) is 0 Å². The lowest BCUT2D eigenvalue weighted by Gasteiger charge is -2.32. The third-order valence-corrected chi connectivity index (χ3v) is 6.28. The molecule has 0 saturated heterocycles. The lowest BCUT2D eigenvalue weighted by atomic mass is 9.81. The summed E-state index contributed by atoms with van der Waals surface area (Å²) < 4.78 is 0. The zero-order valence-electron chi connectivity index (χ0n) is 17.7. The maximum absolute atomic E-state index is 13.1. The number of amides is 1. The van der Waals surface area contributed by atoms with Crippen LogP contribution in [-0.4, -0.2) is 42.5 Å². The molecule has 1 aliphatic rings. The van der Waals surface area contributed by atoms with Gasteiger partial charge in [0.25, 0.3) is 5.91 Å². The fourth-order valence-electron chi connectivity index (χ4n) is 4.62. The van der Waals surface area contributed by atoms with Crippen LogP contribution in [0.2, 0.25) is 0 Å².